The standard InChI is InChI=1S/C12H13F3O2/c1-9-2-4-10(5-3-9)11(16)8-17-7-6-12(13,14)15/h2-5H,6-8H2,1H3. The summed E-state index contributed by atoms with van der Waals surface area (Å²) in [6.07, 6.45) is -5.28. The van der Waals surface area contributed by atoms with Crippen LogP contribution in [0.15, 0.2) is 24.3 Å². The van der Waals surface area contributed by atoms with Crippen LogP contribution in [0.5, 0.6) is 0 Å². The fraction of sp³-hybridized carbons (Fsp3) is 0.417. The SMILES string of the molecule is Cc1ccc(C(=O)COCCC(F)(F)F)cc1. The number of Topliss-reactive ketones (excluding diaryl/α,β-unsaturated/α-hetero) is 1. The van der Waals surface area contributed by atoms with Crippen molar-refractivity contribution in [3.05, 3.63) is 35.4 Å². The zero-order valence-corrected chi connectivity index (χ0v) is 9.38. The predicted octanol–water partition coefficient (Wildman–Crippen LogP) is 3.15. The molecule has 0 radical (unpaired) electrons. The minimum absolute atomic E-state index is 0.313. The Hall–Kier alpha value is -1.36. The van der Waals surface area contributed by atoms with E-state index in [9.17, 15) is 18.0 Å². The van der Waals surface area contributed by atoms with Crippen LogP contribution in [0.2, 0.25) is 0 Å². The molecule has 0 aliphatic rings. The summed E-state index contributed by atoms with van der Waals surface area (Å²) in [5, 5.41) is 0. The summed E-state index contributed by atoms with van der Waals surface area (Å²) >= 11 is 0. The third-order valence-corrected chi connectivity index (χ3v) is 2.14. The molecule has 0 unspecified atom stereocenters. The van der Waals surface area contributed by atoms with Crippen molar-refractivity contribution < 1.29 is 22.7 Å². The first-order chi connectivity index (χ1) is 7.88. The molecule has 5 heteroatoms. The number of alkyl halides is 3. The topological polar surface area (TPSA) is 26.3 Å². The third-order valence-electron chi connectivity index (χ3n) is 2.14. The van der Waals surface area contributed by atoms with Gasteiger partial charge in [0.15, 0.2) is 5.78 Å². The zero-order chi connectivity index (χ0) is 12.9. The molecule has 0 aliphatic carbocycles. The second kappa shape index (κ2) is 5.82. The van der Waals surface area contributed by atoms with Gasteiger partial charge in [-0.1, -0.05) is 29.8 Å². The van der Waals surface area contributed by atoms with Gasteiger partial charge in [-0.3, -0.25) is 4.79 Å². The van der Waals surface area contributed by atoms with Gasteiger partial charge >= 0.3 is 6.18 Å². The number of halogens is 3. The fourth-order valence-corrected chi connectivity index (χ4v) is 1.18. The molecule has 2 nitrogen and oxygen atoms in total. The molecule has 0 amide bonds. The molecular weight excluding hydrogens is 233 g/mol. The first-order valence-electron chi connectivity index (χ1n) is 5.13. The first kappa shape index (κ1) is 13.7. The van der Waals surface area contributed by atoms with Crippen molar-refractivity contribution in [2.45, 2.75) is 19.5 Å². The molecule has 0 heterocycles. The maximum Gasteiger partial charge on any atom is 0.391 e. The van der Waals surface area contributed by atoms with Gasteiger partial charge in [-0.15, -0.1) is 0 Å². The van der Waals surface area contributed by atoms with E-state index in [0.717, 1.165) is 5.56 Å². The van der Waals surface area contributed by atoms with Crippen LogP contribution in [0.1, 0.15) is 22.3 Å². The maximum atomic E-state index is 11.8. The van der Waals surface area contributed by atoms with Crippen LogP contribution in [0, 0.1) is 6.92 Å². The number of benzene rings is 1. The maximum absolute atomic E-state index is 11.8. The highest BCUT2D eigenvalue weighted by Crippen LogP contribution is 2.18. The Kier molecular flexibility index (Phi) is 4.69. The molecule has 17 heavy (non-hydrogen) atoms. The number of carbonyl (C=O) groups is 1. The van der Waals surface area contributed by atoms with Crippen molar-refractivity contribution >= 4 is 5.78 Å². The summed E-state index contributed by atoms with van der Waals surface area (Å²) in [7, 11) is 0. The summed E-state index contributed by atoms with van der Waals surface area (Å²) < 4.78 is 40.0. The van der Waals surface area contributed by atoms with Crippen LogP contribution in [-0.2, 0) is 4.74 Å². The number of hydrogen-bond donors (Lipinski definition) is 0. The number of hydrogen-bond acceptors (Lipinski definition) is 2. The number of rotatable bonds is 5. The van der Waals surface area contributed by atoms with E-state index in [-0.39, 0.29) is 12.4 Å². The predicted molar refractivity (Wildman–Crippen MR) is 57.0 cm³/mol. The summed E-state index contributed by atoms with van der Waals surface area (Å²) in [6.45, 7) is 1.08. The molecule has 94 valence electrons. The van der Waals surface area contributed by atoms with Crippen LogP contribution in [0.3, 0.4) is 0 Å². The van der Waals surface area contributed by atoms with Gasteiger partial charge in [0.2, 0.25) is 0 Å². The summed E-state index contributed by atoms with van der Waals surface area (Å²) in [6, 6.07) is 6.79. The van der Waals surface area contributed by atoms with E-state index in [1.165, 1.54) is 0 Å². The van der Waals surface area contributed by atoms with Gasteiger partial charge in [0.05, 0.1) is 13.0 Å². The van der Waals surface area contributed by atoms with E-state index in [1.54, 1.807) is 24.3 Å². The Morgan fingerprint density at radius 2 is 1.82 bits per heavy atom. The minimum Gasteiger partial charge on any atom is -0.373 e. The smallest absolute Gasteiger partial charge is 0.373 e. The molecule has 1 aromatic carbocycles. The zero-order valence-electron chi connectivity index (χ0n) is 9.38. The van der Waals surface area contributed by atoms with Crippen LogP contribution >= 0.6 is 0 Å². The highest BCUT2D eigenvalue weighted by molar-refractivity contribution is 5.97. The Morgan fingerprint density at radius 1 is 1.24 bits per heavy atom. The molecule has 0 aromatic heterocycles. The molecule has 0 spiro atoms. The van der Waals surface area contributed by atoms with Gasteiger partial charge in [-0.05, 0) is 6.92 Å². The lowest BCUT2D eigenvalue weighted by Crippen LogP contribution is -2.15. The van der Waals surface area contributed by atoms with E-state index in [4.69, 9.17) is 0 Å². The second-order valence-electron chi connectivity index (χ2n) is 3.71. The van der Waals surface area contributed by atoms with E-state index < -0.39 is 19.2 Å². The molecule has 1 aromatic rings. The number of ketones is 1. The van der Waals surface area contributed by atoms with Crippen LogP contribution in [0.4, 0.5) is 13.2 Å². The fourth-order valence-electron chi connectivity index (χ4n) is 1.18. The average Bonchev–Trinajstić information content (AvgIpc) is 2.24. The highest BCUT2D eigenvalue weighted by Gasteiger charge is 2.26. The molecular formula is C12H13F3O2. The largest absolute Gasteiger partial charge is 0.391 e. The molecule has 0 fully saturated rings. The Bertz CT molecular complexity index is 368. The molecule has 0 saturated carbocycles. The molecule has 0 aliphatic heterocycles. The lowest BCUT2D eigenvalue weighted by atomic mass is 10.1. The average molecular weight is 246 g/mol. The summed E-state index contributed by atoms with van der Waals surface area (Å²) in [5.74, 6) is -0.313. The Labute approximate surface area is 97.4 Å². The van der Waals surface area contributed by atoms with E-state index in [2.05, 4.69) is 4.74 Å². The van der Waals surface area contributed by atoms with Gasteiger partial charge in [0.25, 0.3) is 0 Å². The van der Waals surface area contributed by atoms with Crippen LogP contribution in [-0.4, -0.2) is 25.2 Å². The molecule has 0 N–H and O–H groups in total. The van der Waals surface area contributed by atoms with Crippen LogP contribution in [0.25, 0.3) is 0 Å². The lowest BCUT2D eigenvalue weighted by molar-refractivity contribution is -0.144. The third kappa shape index (κ3) is 5.49. The second-order valence-corrected chi connectivity index (χ2v) is 3.71. The quantitative estimate of drug-likeness (QED) is 0.589. The van der Waals surface area contributed by atoms with E-state index in [1.807, 2.05) is 6.92 Å². The Morgan fingerprint density at radius 3 is 2.35 bits per heavy atom. The van der Waals surface area contributed by atoms with Crippen molar-refractivity contribution in [2.24, 2.45) is 0 Å². The van der Waals surface area contributed by atoms with Gasteiger partial charge in [0.1, 0.15) is 6.61 Å². The van der Waals surface area contributed by atoms with Crippen molar-refractivity contribution in [3.8, 4) is 0 Å². The van der Waals surface area contributed by atoms with Crippen LogP contribution < -0.4 is 0 Å². The van der Waals surface area contributed by atoms with Gasteiger partial charge < -0.3 is 4.74 Å². The lowest BCUT2D eigenvalue weighted by Gasteiger charge is -2.06. The molecule has 1 rings (SSSR count). The summed E-state index contributed by atoms with van der Waals surface area (Å²) in [4.78, 5) is 11.5. The van der Waals surface area contributed by atoms with Crippen molar-refractivity contribution in [2.75, 3.05) is 13.2 Å². The minimum atomic E-state index is -4.24. The van der Waals surface area contributed by atoms with Crippen molar-refractivity contribution in [3.63, 3.8) is 0 Å². The van der Waals surface area contributed by atoms with Gasteiger partial charge in [-0.2, -0.15) is 13.2 Å². The normalized spacial score (nSPS) is 11.5. The van der Waals surface area contributed by atoms with Gasteiger partial charge in [0, 0.05) is 5.56 Å². The van der Waals surface area contributed by atoms with Gasteiger partial charge in [-0.25, -0.2) is 0 Å². The van der Waals surface area contributed by atoms with Crippen molar-refractivity contribution in [1.29, 1.82) is 0 Å². The van der Waals surface area contributed by atoms with Crippen molar-refractivity contribution in [1.82, 2.24) is 0 Å². The van der Waals surface area contributed by atoms with E-state index in [0.29, 0.717) is 5.56 Å². The molecule has 0 saturated heterocycles. The Balaban J connectivity index is 2.33. The first-order valence-corrected chi connectivity index (χ1v) is 5.13. The monoisotopic (exact) mass is 246 g/mol. The molecule has 0 atom stereocenters. The number of carbonyl (C=O) groups excluding carboxylic acids is 1. The number of aryl methyl sites for hydroxylation is 1. The highest BCUT2D eigenvalue weighted by atomic mass is 19.4. The molecule has 0 bridgehead atoms. The summed E-state index contributed by atoms with van der Waals surface area (Å²) in [5.41, 5.74) is 1.46. The number of ether oxygens (including phenoxy) is 1. The van der Waals surface area contributed by atoms with E-state index >= 15 is 0 Å².